The average molecular weight is 306 g/mol. The SMILES string of the molecule is CCC(C)(O)c1ccc(OS(=O)(=O)c2ccccc2)cc1. The van der Waals surface area contributed by atoms with E-state index in [0.717, 1.165) is 5.56 Å². The van der Waals surface area contributed by atoms with Crippen LogP contribution in [0.15, 0.2) is 59.5 Å². The first-order chi connectivity index (χ1) is 9.85. The Labute approximate surface area is 125 Å². The largest absolute Gasteiger partial charge is 0.385 e. The molecule has 0 aliphatic heterocycles. The Kier molecular flexibility index (Phi) is 4.34. The number of benzene rings is 2. The number of aliphatic hydroxyl groups is 1. The van der Waals surface area contributed by atoms with Crippen molar-refractivity contribution in [1.29, 1.82) is 0 Å². The number of hydrogen-bond donors (Lipinski definition) is 1. The molecule has 0 aliphatic carbocycles. The zero-order valence-electron chi connectivity index (χ0n) is 12.0. The first-order valence-corrected chi connectivity index (χ1v) is 8.08. The summed E-state index contributed by atoms with van der Waals surface area (Å²) in [5.41, 5.74) is -0.217. The smallest absolute Gasteiger partial charge is 0.339 e. The van der Waals surface area contributed by atoms with Crippen LogP contribution >= 0.6 is 0 Å². The molecule has 2 aromatic rings. The Morgan fingerprint density at radius 2 is 1.62 bits per heavy atom. The van der Waals surface area contributed by atoms with Gasteiger partial charge in [-0.1, -0.05) is 37.3 Å². The monoisotopic (exact) mass is 306 g/mol. The van der Waals surface area contributed by atoms with Gasteiger partial charge >= 0.3 is 10.1 Å². The topological polar surface area (TPSA) is 63.6 Å². The second kappa shape index (κ2) is 5.87. The van der Waals surface area contributed by atoms with Crippen molar-refractivity contribution >= 4 is 10.1 Å². The molecule has 1 N–H and O–H groups in total. The Balaban J connectivity index is 2.22. The molecule has 2 aromatic carbocycles. The molecule has 0 heterocycles. The van der Waals surface area contributed by atoms with Gasteiger partial charge in [-0.3, -0.25) is 0 Å². The van der Waals surface area contributed by atoms with Crippen molar-refractivity contribution in [3.8, 4) is 5.75 Å². The molecule has 112 valence electrons. The van der Waals surface area contributed by atoms with E-state index in [1.807, 2.05) is 6.92 Å². The third kappa shape index (κ3) is 3.62. The Morgan fingerprint density at radius 3 is 2.14 bits per heavy atom. The summed E-state index contributed by atoms with van der Waals surface area (Å²) in [5.74, 6) is 0.217. The Bertz CT molecular complexity index is 689. The van der Waals surface area contributed by atoms with Crippen molar-refractivity contribution in [2.24, 2.45) is 0 Å². The van der Waals surface area contributed by atoms with Crippen molar-refractivity contribution < 1.29 is 17.7 Å². The molecule has 0 saturated heterocycles. The molecule has 0 radical (unpaired) electrons. The molecule has 4 nitrogen and oxygen atoms in total. The van der Waals surface area contributed by atoms with Crippen LogP contribution in [-0.4, -0.2) is 13.5 Å². The summed E-state index contributed by atoms with van der Waals surface area (Å²) in [6.07, 6.45) is 0.565. The maximum Gasteiger partial charge on any atom is 0.339 e. The van der Waals surface area contributed by atoms with E-state index in [0.29, 0.717) is 6.42 Å². The fourth-order valence-corrected chi connectivity index (χ4v) is 2.79. The van der Waals surface area contributed by atoms with Crippen LogP contribution in [0.5, 0.6) is 5.75 Å². The Hall–Kier alpha value is -1.85. The van der Waals surface area contributed by atoms with Crippen molar-refractivity contribution in [3.63, 3.8) is 0 Å². The summed E-state index contributed by atoms with van der Waals surface area (Å²) in [6.45, 7) is 3.59. The van der Waals surface area contributed by atoms with Crippen LogP contribution < -0.4 is 4.18 Å². The quantitative estimate of drug-likeness (QED) is 0.862. The first kappa shape index (κ1) is 15.5. The summed E-state index contributed by atoms with van der Waals surface area (Å²) in [6, 6.07) is 14.4. The molecule has 0 spiro atoms. The van der Waals surface area contributed by atoms with Gasteiger partial charge in [0.2, 0.25) is 0 Å². The normalized spacial score (nSPS) is 14.4. The lowest BCUT2D eigenvalue weighted by Crippen LogP contribution is -2.19. The van der Waals surface area contributed by atoms with E-state index in [9.17, 15) is 13.5 Å². The second-order valence-electron chi connectivity index (χ2n) is 5.00. The molecule has 0 saturated carbocycles. The zero-order chi connectivity index (χ0) is 15.5. The van der Waals surface area contributed by atoms with Gasteiger partial charge < -0.3 is 9.29 Å². The third-order valence-corrected chi connectivity index (χ3v) is 4.66. The standard InChI is InChI=1S/C16H18O4S/c1-3-16(2,17)13-9-11-14(12-10-13)20-21(18,19)15-7-5-4-6-8-15/h4-12,17H,3H2,1-2H3. The summed E-state index contributed by atoms with van der Waals surface area (Å²) in [4.78, 5) is 0.106. The van der Waals surface area contributed by atoms with Crippen LogP contribution in [0, 0.1) is 0 Å². The van der Waals surface area contributed by atoms with Gasteiger partial charge in [0, 0.05) is 0 Å². The molecule has 1 atom stereocenters. The van der Waals surface area contributed by atoms with Crippen LogP contribution in [0.3, 0.4) is 0 Å². The van der Waals surface area contributed by atoms with Crippen molar-refractivity contribution in [1.82, 2.24) is 0 Å². The average Bonchev–Trinajstić information content (AvgIpc) is 2.48. The highest BCUT2D eigenvalue weighted by atomic mass is 32.2. The lowest BCUT2D eigenvalue weighted by atomic mass is 9.93. The van der Waals surface area contributed by atoms with Gasteiger partial charge in [0.25, 0.3) is 0 Å². The van der Waals surface area contributed by atoms with E-state index in [1.54, 1.807) is 49.4 Å². The molecular weight excluding hydrogens is 288 g/mol. The van der Waals surface area contributed by atoms with E-state index in [1.165, 1.54) is 12.1 Å². The third-order valence-electron chi connectivity index (χ3n) is 3.40. The summed E-state index contributed by atoms with van der Waals surface area (Å²) in [7, 11) is -3.83. The van der Waals surface area contributed by atoms with Gasteiger partial charge in [0.1, 0.15) is 10.6 Å². The van der Waals surface area contributed by atoms with Gasteiger partial charge in [-0.05, 0) is 43.2 Å². The van der Waals surface area contributed by atoms with Crippen LogP contribution in [0.4, 0.5) is 0 Å². The van der Waals surface area contributed by atoms with Gasteiger partial charge in [0.05, 0.1) is 5.60 Å². The zero-order valence-corrected chi connectivity index (χ0v) is 12.8. The molecule has 2 rings (SSSR count). The lowest BCUT2D eigenvalue weighted by Gasteiger charge is -2.21. The molecule has 5 heteroatoms. The molecule has 0 fully saturated rings. The van der Waals surface area contributed by atoms with Crippen LogP contribution in [0.25, 0.3) is 0 Å². The van der Waals surface area contributed by atoms with Gasteiger partial charge in [-0.25, -0.2) is 0 Å². The molecule has 21 heavy (non-hydrogen) atoms. The van der Waals surface area contributed by atoms with Crippen LogP contribution in [-0.2, 0) is 15.7 Å². The molecular formula is C16H18O4S. The fraction of sp³-hybridized carbons (Fsp3) is 0.250. The highest BCUT2D eigenvalue weighted by Crippen LogP contribution is 2.27. The van der Waals surface area contributed by atoms with Crippen molar-refractivity contribution in [2.45, 2.75) is 30.8 Å². The van der Waals surface area contributed by atoms with Crippen LogP contribution in [0.1, 0.15) is 25.8 Å². The van der Waals surface area contributed by atoms with E-state index < -0.39 is 15.7 Å². The fourth-order valence-electron chi connectivity index (χ4n) is 1.84. The van der Waals surface area contributed by atoms with Crippen molar-refractivity contribution in [2.75, 3.05) is 0 Å². The maximum atomic E-state index is 12.1. The highest BCUT2D eigenvalue weighted by Gasteiger charge is 2.21. The predicted octanol–water partition coefficient (Wildman–Crippen LogP) is 3.07. The molecule has 0 amide bonds. The number of rotatable bonds is 5. The Morgan fingerprint density at radius 1 is 1.05 bits per heavy atom. The van der Waals surface area contributed by atoms with E-state index in [-0.39, 0.29) is 10.6 Å². The van der Waals surface area contributed by atoms with Gasteiger partial charge in [-0.2, -0.15) is 8.42 Å². The van der Waals surface area contributed by atoms with Gasteiger partial charge in [-0.15, -0.1) is 0 Å². The predicted molar refractivity (Wildman–Crippen MR) is 80.6 cm³/mol. The minimum atomic E-state index is -3.83. The van der Waals surface area contributed by atoms with Gasteiger partial charge in [0.15, 0.2) is 0 Å². The van der Waals surface area contributed by atoms with E-state index in [4.69, 9.17) is 4.18 Å². The molecule has 0 aromatic heterocycles. The minimum absolute atomic E-state index is 0.106. The minimum Gasteiger partial charge on any atom is -0.385 e. The number of hydrogen-bond acceptors (Lipinski definition) is 4. The van der Waals surface area contributed by atoms with E-state index in [2.05, 4.69) is 0 Å². The second-order valence-corrected chi connectivity index (χ2v) is 6.55. The molecule has 1 unspecified atom stereocenters. The first-order valence-electron chi connectivity index (χ1n) is 6.67. The van der Waals surface area contributed by atoms with E-state index >= 15 is 0 Å². The van der Waals surface area contributed by atoms with Crippen LogP contribution in [0.2, 0.25) is 0 Å². The summed E-state index contributed by atoms with van der Waals surface area (Å²) >= 11 is 0. The molecule has 0 bridgehead atoms. The lowest BCUT2D eigenvalue weighted by molar-refractivity contribution is 0.0531. The van der Waals surface area contributed by atoms with Crippen molar-refractivity contribution in [3.05, 3.63) is 60.2 Å². The summed E-state index contributed by atoms with van der Waals surface area (Å²) < 4.78 is 29.2. The maximum absolute atomic E-state index is 12.1. The highest BCUT2D eigenvalue weighted by molar-refractivity contribution is 7.87. The molecule has 0 aliphatic rings. The summed E-state index contributed by atoms with van der Waals surface area (Å²) in [5, 5.41) is 10.1.